The van der Waals surface area contributed by atoms with E-state index in [1.165, 1.54) is 0 Å². The number of aldehydes is 2. The summed E-state index contributed by atoms with van der Waals surface area (Å²) < 4.78 is 306. The minimum Gasteiger partial charge on any atom is -0.415 e. The molecule has 0 aliphatic heterocycles. The van der Waals surface area contributed by atoms with Crippen molar-refractivity contribution in [2.75, 3.05) is 0 Å². The minimum absolute atomic E-state index is 0.312. The molecule has 0 bridgehead atoms. The summed E-state index contributed by atoms with van der Waals surface area (Å²) in [6.07, 6.45) is -5.90. The summed E-state index contributed by atoms with van der Waals surface area (Å²) in [7, 11) is 0. The van der Waals surface area contributed by atoms with E-state index in [4.69, 9.17) is 8.83 Å². The van der Waals surface area contributed by atoms with Crippen molar-refractivity contribution in [1.82, 2.24) is 0 Å². The standard InChI is InChI=1S/C24BF20.C10H6IO4/c26-5-1(6(27)14(35)21(42)13(5)34)25(2-7(28)15(36)22(43)16(37)8(2)29,3-9(30)17(38)23(44)18(39)10(3)31)4-11(32)19(40)24(45)20(41)12(4)33;12-5-7-1-3-9(14-7)11-10-4-2-8(6-13)15-10/h;1-6H/q-1;+1. The number of hydrogen-bond acceptors (Lipinski definition) is 4. The largest absolute Gasteiger partial charge is 0.443 e. The Balaban J connectivity index is 0.000000379. The molecule has 0 aliphatic rings. The van der Waals surface area contributed by atoms with Gasteiger partial charge in [0.1, 0.15) is 52.7 Å². The molecule has 6 rings (SSSR count). The molecular weight excluding hydrogens is 990 g/mol. The molecule has 0 amide bonds. The molecule has 4 aromatic carbocycles. The molecule has 0 fully saturated rings. The Morgan fingerprint density at radius 2 is 0.500 bits per heavy atom. The van der Waals surface area contributed by atoms with Crippen LogP contribution in [0.2, 0.25) is 0 Å². The summed E-state index contributed by atoms with van der Waals surface area (Å²) in [5.41, 5.74) is -14.3. The van der Waals surface area contributed by atoms with E-state index in [9.17, 15) is 62.3 Å². The van der Waals surface area contributed by atoms with Crippen molar-refractivity contribution in [2.24, 2.45) is 0 Å². The van der Waals surface area contributed by atoms with Crippen molar-refractivity contribution >= 4 is 40.6 Å². The molecule has 0 atom stereocenters. The summed E-state index contributed by atoms with van der Waals surface area (Å²) in [4.78, 5) is 20.7. The average molecular weight is 996 g/mol. The molecule has 0 saturated heterocycles. The van der Waals surface area contributed by atoms with E-state index >= 15 is 35.1 Å². The molecule has 316 valence electrons. The van der Waals surface area contributed by atoms with Crippen molar-refractivity contribution in [3.63, 3.8) is 0 Å². The molecule has 0 unspecified atom stereocenters. The SMILES string of the molecule is Fc1c(F)c(F)c([B-](c2c(F)c(F)c(F)c(F)c2F)(c2c(F)c(F)c(F)c(F)c2F)c2c(F)c(F)c(F)c(F)c2F)c(F)c1F.O=Cc1ccc([I+]c2ccc(C=O)o2)o1. The Bertz CT molecular complexity index is 2320. The highest BCUT2D eigenvalue weighted by Gasteiger charge is 2.52. The van der Waals surface area contributed by atoms with Crippen LogP contribution in [0, 0.1) is 124 Å². The zero-order chi connectivity index (χ0) is 45.0. The van der Waals surface area contributed by atoms with Crippen LogP contribution >= 0.6 is 0 Å². The Morgan fingerprint density at radius 3 is 0.667 bits per heavy atom. The van der Waals surface area contributed by atoms with Crippen LogP contribution < -0.4 is 43.1 Å². The first-order valence-electron chi connectivity index (χ1n) is 15.0. The van der Waals surface area contributed by atoms with E-state index in [-0.39, 0.29) is 0 Å². The zero-order valence-electron chi connectivity index (χ0n) is 27.6. The van der Waals surface area contributed by atoms with Crippen LogP contribution in [0.4, 0.5) is 87.8 Å². The predicted octanol–water partition coefficient (Wildman–Crippen LogP) is 4.47. The Labute approximate surface area is 327 Å². The first kappa shape index (κ1) is 45.3. The molecule has 0 aliphatic carbocycles. The van der Waals surface area contributed by atoms with Crippen molar-refractivity contribution < 1.29 is 127 Å². The lowest BCUT2D eigenvalue weighted by Gasteiger charge is -2.44. The third-order valence-electron chi connectivity index (χ3n) is 8.31. The fraction of sp³-hybridized carbons (Fsp3) is 0. The summed E-state index contributed by atoms with van der Waals surface area (Å²) in [6, 6.07) is 6.73. The van der Waals surface area contributed by atoms with Crippen molar-refractivity contribution in [1.29, 1.82) is 0 Å². The van der Waals surface area contributed by atoms with Gasteiger partial charge in [-0.15, -0.1) is 21.9 Å². The monoisotopic (exact) mass is 996 g/mol. The first-order valence-corrected chi connectivity index (χ1v) is 17.2. The Hall–Kier alpha value is -5.83. The second-order valence-electron chi connectivity index (χ2n) is 11.4. The summed E-state index contributed by atoms with van der Waals surface area (Å²) in [5.74, 6) is -70.8. The Kier molecular flexibility index (Phi) is 12.6. The van der Waals surface area contributed by atoms with Gasteiger partial charge in [-0.2, -0.15) is 0 Å². The number of rotatable bonds is 8. The van der Waals surface area contributed by atoms with Gasteiger partial charge in [0.05, 0.1) is 0 Å². The van der Waals surface area contributed by atoms with E-state index < -0.39 is 166 Å². The van der Waals surface area contributed by atoms with Crippen LogP contribution in [-0.2, 0) is 0 Å². The zero-order valence-corrected chi connectivity index (χ0v) is 29.8. The highest BCUT2D eigenvalue weighted by Crippen LogP contribution is 2.30. The molecule has 2 heterocycles. The third kappa shape index (κ3) is 6.95. The summed E-state index contributed by atoms with van der Waals surface area (Å²) in [6.45, 7) is 0. The average Bonchev–Trinajstić information content (AvgIpc) is 3.90. The molecule has 26 heteroatoms. The molecule has 6 aromatic rings. The van der Waals surface area contributed by atoms with Gasteiger partial charge in [0.2, 0.25) is 0 Å². The predicted molar refractivity (Wildman–Crippen MR) is 155 cm³/mol. The number of hydrogen-bond donors (Lipinski definition) is 0. The van der Waals surface area contributed by atoms with Gasteiger partial charge in [-0.25, -0.2) is 87.8 Å². The fourth-order valence-corrected chi connectivity index (χ4v) is 7.82. The lowest BCUT2D eigenvalue weighted by atomic mass is 9.12. The topological polar surface area (TPSA) is 60.4 Å². The summed E-state index contributed by atoms with van der Waals surface area (Å²) >= 11 is -0.593. The molecule has 0 radical (unpaired) electrons. The summed E-state index contributed by atoms with van der Waals surface area (Å²) in [5, 5.41) is 0. The highest BCUT2D eigenvalue weighted by atomic mass is 127. The van der Waals surface area contributed by atoms with E-state index in [2.05, 4.69) is 0 Å². The van der Waals surface area contributed by atoms with Gasteiger partial charge in [0.25, 0.3) is 0 Å². The maximum atomic E-state index is 15.4. The van der Waals surface area contributed by atoms with Gasteiger partial charge in [0.15, 0.2) is 93.9 Å². The van der Waals surface area contributed by atoms with Crippen LogP contribution in [-0.4, -0.2) is 18.7 Å². The Morgan fingerprint density at radius 1 is 0.317 bits per heavy atom. The van der Waals surface area contributed by atoms with Gasteiger partial charge in [-0.1, -0.05) is 0 Å². The second kappa shape index (κ2) is 16.7. The van der Waals surface area contributed by atoms with Crippen LogP contribution in [0.1, 0.15) is 21.1 Å². The number of benzene rings is 4. The van der Waals surface area contributed by atoms with Crippen molar-refractivity contribution in [2.45, 2.75) is 0 Å². The quantitative estimate of drug-likeness (QED) is 0.0565. The number of carbonyl (C=O) groups is 2. The fourth-order valence-electron chi connectivity index (χ4n) is 5.85. The van der Waals surface area contributed by atoms with E-state index in [0.717, 1.165) is 7.53 Å². The van der Waals surface area contributed by atoms with Crippen LogP contribution in [0.3, 0.4) is 0 Å². The number of furan rings is 2. The number of carbonyl (C=O) groups excluding carboxylic acids is 2. The maximum absolute atomic E-state index is 15.4. The second-order valence-corrected chi connectivity index (χ2v) is 14.1. The van der Waals surface area contributed by atoms with Crippen LogP contribution in [0.25, 0.3) is 0 Å². The molecule has 2 aromatic heterocycles. The molecule has 60 heavy (non-hydrogen) atoms. The molecule has 0 spiro atoms. The van der Waals surface area contributed by atoms with E-state index in [1.54, 1.807) is 24.3 Å². The molecule has 0 N–H and O–H groups in total. The first-order chi connectivity index (χ1) is 28.0. The van der Waals surface area contributed by atoms with E-state index in [1.807, 2.05) is 0 Å². The van der Waals surface area contributed by atoms with Gasteiger partial charge in [-0.3, -0.25) is 9.59 Å². The maximum Gasteiger partial charge on any atom is 0.443 e. The normalized spacial score (nSPS) is 11.5. The molecule has 0 saturated carbocycles. The van der Waals surface area contributed by atoms with Gasteiger partial charge in [-0.05, 0) is 12.1 Å². The highest BCUT2D eigenvalue weighted by molar-refractivity contribution is 7.20. The van der Waals surface area contributed by atoms with Crippen molar-refractivity contribution in [3.05, 3.63) is 160 Å². The lowest BCUT2D eigenvalue weighted by Crippen LogP contribution is -3.61. The van der Waals surface area contributed by atoms with Crippen LogP contribution in [0.5, 0.6) is 0 Å². The number of halogens is 21. The smallest absolute Gasteiger partial charge is 0.415 e. The minimum atomic E-state index is -7.22. The van der Waals surface area contributed by atoms with Crippen molar-refractivity contribution in [3.8, 4) is 0 Å². The van der Waals surface area contributed by atoms with E-state index in [0.29, 0.717) is 24.1 Å². The van der Waals surface area contributed by atoms with Gasteiger partial charge in [0, 0.05) is 12.1 Å². The van der Waals surface area contributed by atoms with Gasteiger partial charge >= 0.3 is 28.7 Å². The van der Waals surface area contributed by atoms with Gasteiger partial charge < -0.3 is 8.83 Å². The lowest BCUT2D eigenvalue weighted by molar-refractivity contribution is -0.636. The molecule has 4 nitrogen and oxygen atoms in total. The van der Waals surface area contributed by atoms with Crippen LogP contribution in [0.15, 0.2) is 33.1 Å². The molecular formula is C34H6BF20IO4. The third-order valence-corrected chi connectivity index (χ3v) is 10.5.